The van der Waals surface area contributed by atoms with Gasteiger partial charge in [0.15, 0.2) is 0 Å². The van der Waals surface area contributed by atoms with Crippen molar-refractivity contribution in [1.82, 2.24) is 4.72 Å². The molecule has 0 fully saturated rings. The second-order valence-corrected chi connectivity index (χ2v) is 8.62. The topological polar surface area (TPSA) is 75.3 Å². The largest absolute Gasteiger partial charge is 0.325 e. The van der Waals surface area contributed by atoms with Crippen LogP contribution >= 0.6 is 23.1 Å². The molecule has 1 atom stereocenters. The Morgan fingerprint density at radius 2 is 1.88 bits per heavy atom. The van der Waals surface area contributed by atoms with Gasteiger partial charge in [0, 0.05) is 10.6 Å². The van der Waals surface area contributed by atoms with E-state index in [0.29, 0.717) is 22.3 Å². The molecule has 1 aromatic carbocycles. The minimum Gasteiger partial charge on any atom is -0.325 e. The highest BCUT2D eigenvalue weighted by atomic mass is 32.2. The zero-order valence-electron chi connectivity index (χ0n) is 12.4. The highest BCUT2D eigenvalue weighted by molar-refractivity contribution is 7.99. The van der Waals surface area contributed by atoms with E-state index in [-0.39, 0.29) is 4.21 Å². The maximum Gasteiger partial charge on any atom is 0.288 e. The predicted molar refractivity (Wildman–Crippen MR) is 91.0 cm³/mol. The quantitative estimate of drug-likeness (QED) is 0.709. The van der Waals surface area contributed by atoms with Crippen LogP contribution in [0.15, 0.2) is 50.9 Å². The Bertz CT molecular complexity index is 778. The average molecular weight is 392 g/mol. The molecule has 24 heavy (non-hydrogen) atoms. The summed E-state index contributed by atoms with van der Waals surface area (Å²) in [5.74, 6) is -3.07. The van der Waals surface area contributed by atoms with Gasteiger partial charge in [0.05, 0.1) is 6.04 Å². The van der Waals surface area contributed by atoms with Crippen LogP contribution in [0.5, 0.6) is 0 Å². The van der Waals surface area contributed by atoms with Gasteiger partial charge in [0.25, 0.3) is 15.8 Å². The van der Waals surface area contributed by atoms with Crippen molar-refractivity contribution in [1.29, 1.82) is 0 Å². The smallest absolute Gasteiger partial charge is 0.288 e. The van der Waals surface area contributed by atoms with Crippen molar-refractivity contribution in [3.63, 3.8) is 0 Å². The molecule has 1 aromatic heterocycles. The van der Waals surface area contributed by atoms with Gasteiger partial charge in [-0.05, 0) is 42.6 Å². The van der Waals surface area contributed by atoms with Crippen LogP contribution in [-0.2, 0) is 14.8 Å². The summed E-state index contributed by atoms with van der Waals surface area (Å²) in [6.45, 7) is 1.42. The number of carbonyl (C=O) groups excluding carboxylic acids is 1. The van der Waals surface area contributed by atoms with Crippen LogP contribution < -0.4 is 10.0 Å². The lowest BCUT2D eigenvalue weighted by Gasteiger charge is -2.14. The lowest BCUT2D eigenvalue weighted by molar-refractivity contribution is -0.117. The Balaban J connectivity index is 1.96. The summed E-state index contributed by atoms with van der Waals surface area (Å²) in [4.78, 5) is 12.4. The molecule has 0 saturated carbocycles. The number of halogens is 2. The van der Waals surface area contributed by atoms with E-state index in [4.69, 9.17) is 0 Å². The summed E-state index contributed by atoms with van der Waals surface area (Å²) >= 11 is 1.45. The number of hydrogen-bond donors (Lipinski definition) is 2. The van der Waals surface area contributed by atoms with E-state index in [1.54, 1.807) is 11.4 Å². The number of carbonyl (C=O) groups is 1. The average Bonchev–Trinajstić information content (AvgIpc) is 3.03. The number of benzene rings is 1. The monoisotopic (exact) mass is 392 g/mol. The first kappa shape index (κ1) is 18.8. The molecule has 0 aliphatic heterocycles. The minimum atomic E-state index is -3.75. The molecule has 2 aromatic rings. The molecular formula is C14H14F2N2O3S3. The number of thiophene rings is 1. The van der Waals surface area contributed by atoms with E-state index in [1.807, 2.05) is 0 Å². The van der Waals surface area contributed by atoms with E-state index in [9.17, 15) is 22.0 Å². The fourth-order valence-corrected chi connectivity index (χ4v) is 4.44. The summed E-state index contributed by atoms with van der Waals surface area (Å²) < 4.78 is 51.0. The Morgan fingerprint density at radius 3 is 2.42 bits per heavy atom. The molecule has 2 rings (SSSR count). The Kier molecular flexibility index (Phi) is 6.33. The summed E-state index contributed by atoms with van der Waals surface area (Å²) in [5, 5.41) is 4.15. The third kappa shape index (κ3) is 5.26. The Labute approximate surface area is 146 Å². The Morgan fingerprint density at radius 1 is 1.21 bits per heavy atom. The van der Waals surface area contributed by atoms with Crippen LogP contribution in [0.3, 0.4) is 0 Å². The molecule has 1 amide bonds. The molecule has 0 bridgehead atoms. The zero-order valence-corrected chi connectivity index (χ0v) is 14.9. The molecule has 0 radical (unpaired) electrons. The van der Waals surface area contributed by atoms with Crippen molar-refractivity contribution in [2.24, 2.45) is 0 Å². The van der Waals surface area contributed by atoms with Gasteiger partial charge in [-0.2, -0.15) is 13.5 Å². The minimum absolute atomic E-state index is 0.121. The van der Waals surface area contributed by atoms with Gasteiger partial charge in [0.2, 0.25) is 5.91 Å². The van der Waals surface area contributed by atoms with E-state index >= 15 is 0 Å². The normalized spacial score (nSPS) is 13.0. The number of nitrogens with one attached hydrogen (secondary N) is 2. The van der Waals surface area contributed by atoms with Crippen molar-refractivity contribution in [2.45, 2.75) is 27.8 Å². The molecule has 0 saturated heterocycles. The van der Waals surface area contributed by atoms with E-state index in [2.05, 4.69) is 10.0 Å². The number of amides is 1. The summed E-state index contributed by atoms with van der Waals surface area (Å²) in [5.41, 5.74) is 0.390. The van der Waals surface area contributed by atoms with Crippen LogP contribution in [0.25, 0.3) is 0 Å². The first-order valence-electron chi connectivity index (χ1n) is 6.69. The van der Waals surface area contributed by atoms with E-state index in [1.165, 1.54) is 37.3 Å². The number of anilines is 1. The lowest BCUT2D eigenvalue weighted by Crippen LogP contribution is -2.41. The molecule has 0 aliphatic rings. The van der Waals surface area contributed by atoms with Crippen LogP contribution in [0, 0.1) is 0 Å². The van der Waals surface area contributed by atoms with Crippen LogP contribution in [0.1, 0.15) is 6.92 Å². The van der Waals surface area contributed by atoms with Crippen molar-refractivity contribution in [2.75, 3.05) is 5.32 Å². The highest BCUT2D eigenvalue weighted by Gasteiger charge is 2.22. The summed E-state index contributed by atoms with van der Waals surface area (Å²) in [6.07, 6.45) is 0. The van der Waals surface area contributed by atoms with Crippen LogP contribution in [-0.4, -0.2) is 26.1 Å². The number of hydrogen-bond acceptors (Lipinski definition) is 5. The van der Waals surface area contributed by atoms with E-state index < -0.39 is 27.7 Å². The third-order valence-electron chi connectivity index (χ3n) is 2.83. The first-order chi connectivity index (χ1) is 11.3. The maximum atomic E-state index is 12.2. The third-order valence-corrected chi connectivity index (χ3v) is 6.49. The molecule has 130 valence electrons. The van der Waals surface area contributed by atoms with Gasteiger partial charge in [-0.15, -0.1) is 11.3 Å². The molecule has 0 aliphatic carbocycles. The van der Waals surface area contributed by atoms with Crippen molar-refractivity contribution in [3.05, 3.63) is 41.8 Å². The van der Waals surface area contributed by atoms with Crippen molar-refractivity contribution in [3.8, 4) is 0 Å². The number of alkyl halides is 2. The Hall–Kier alpha value is -1.49. The summed E-state index contributed by atoms with van der Waals surface area (Å²) in [6, 6.07) is 7.90. The molecular weight excluding hydrogens is 378 g/mol. The molecule has 5 nitrogen and oxygen atoms in total. The summed E-state index contributed by atoms with van der Waals surface area (Å²) in [7, 11) is -3.75. The standard InChI is InChI=1S/C14H14F2N2O3S3/c1-9(18-24(20,21)12-3-2-8-22-12)13(19)17-10-4-6-11(7-5-10)23-14(15)16/h2-9,14,18H,1H3,(H,17,19). The van der Waals surface area contributed by atoms with Gasteiger partial charge in [-0.1, -0.05) is 17.8 Å². The fraction of sp³-hybridized carbons (Fsp3) is 0.214. The van der Waals surface area contributed by atoms with Gasteiger partial charge in [-0.3, -0.25) is 4.79 Å². The van der Waals surface area contributed by atoms with Crippen LogP contribution in [0.4, 0.5) is 14.5 Å². The number of rotatable bonds is 7. The molecule has 2 N–H and O–H groups in total. The van der Waals surface area contributed by atoms with Crippen LogP contribution in [0.2, 0.25) is 0 Å². The maximum absolute atomic E-state index is 12.2. The first-order valence-corrected chi connectivity index (χ1v) is 9.94. The zero-order chi connectivity index (χ0) is 17.7. The van der Waals surface area contributed by atoms with Gasteiger partial charge in [0.1, 0.15) is 4.21 Å². The number of thioether (sulfide) groups is 1. The van der Waals surface area contributed by atoms with E-state index in [0.717, 1.165) is 11.3 Å². The molecule has 10 heteroatoms. The van der Waals surface area contributed by atoms with Gasteiger partial charge in [-0.25, -0.2) is 8.42 Å². The van der Waals surface area contributed by atoms with Gasteiger partial charge >= 0.3 is 0 Å². The van der Waals surface area contributed by atoms with Gasteiger partial charge < -0.3 is 5.32 Å². The molecule has 1 unspecified atom stereocenters. The number of sulfonamides is 1. The van der Waals surface area contributed by atoms with Crippen molar-refractivity contribution < 1.29 is 22.0 Å². The fourth-order valence-electron chi connectivity index (χ4n) is 1.73. The second kappa shape index (κ2) is 8.06. The highest BCUT2D eigenvalue weighted by Crippen LogP contribution is 2.26. The molecule has 0 spiro atoms. The molecule has 1 heterocycles. The van der Waals surface area contributed by atoms with Crippen molar-refractivity contribution >= 4 is 44.7 Å². The second-order valence-electron chi connectivity index (χ2n) is 4.67. The lowest BCUT2D eigenvalue weighted by atomic mass is 10.3. The SMILES string of the molecule is CC(NS(=O)(=O)c1cccs1)C(=O)Nc1ccc(SC(F)F)cc1. The predicted octanol–water partition coefficient (Wildman–Crippen LogP) is 3.37.